The number of para-hydroxylation sites is 2. The first kappa shape index (κ1) is 17.5. The summed E-state index contributed by atoms with van der Waals surface area (Å²) in [5.41, 5.74) is 5.49. The number of H-pyrrole nitrogens is 1. The molecular weight excluding hydrogens is 356 g/mol. The Kier molecular flexibility index (Phi) is 4.78. The molecule has 1 heterocycles. The SMILES string of the molecule is COc1ccccc1[C@@H](Nc1cccc(Cl)c1)c1c(C)[nH]c2ccccc12. The zero-order chi connectivity index (χ0) is 18.8. The van der Waals surface area contributed by atoms with Crippen LogP contribution < -0.4 is 10.1 Å². The fourth-order valence-corrected chi connectivity index (χ4v) is 3.82. The molecule has 3 aromatic carbocycles. The van der Waals surface area contributed by atoms with Crippen LogP contribution in [0.2, 0.25) is 5.02 Å². The van der Waals surface area contributed by atoms with Crippen molar-refractivity contribution in [2.75, 3.05) is 12.4 Å². The van der Waals surface area contributed by atoms with E-state index in [1.165, 1.54) is 10.9 Å². The molecule has 0 spiro atoms. The van der Waals surface area contributed by atoms with Crippen LogP contribution in [0.5, 0.6) is 5.75 Å². The molecule has 0 bridgehead atoms. The minimum absolute atomic E-state index is 0.0873. The van der Waals surface area contributed by atoms with Gasteiger partial charge in [0.1, 0.15) is 5.75 Å². The molecule has 0 saturated heterocycles. The van der Waals surface area contributed by atoms with E-state index < -0.39 is 0 Å². The summed E-state index contributed by atoms with van der Waals surface area (Å²) in [7, 11) is 1.71. The molecule has 1 aromatic heterocycles. The number of aryl methyl sites for hydroxylation is 1. The number of methoxy groups -OCH3 is 1. The second-order valence-electron chi connectivity index (χ2n) is 6.54. The standard InChI is InChI=1S/C23H21ClN2O/c1-15-22(18-10-3-5-12-20(18)25-15)23(19-11-4-6-13-21(19)27-2)26-17-9-7-8-16(24)14-17/h3-14,23,25-26H,1-2H3/t23-/m1/s1. The molecule has 4 aromatic rings. The molecule has 0 saturated carbocycles. The zero-order valence-corrected chi connectivity index (χ0v) is 16.0. The molecule has 0 unspecified atom stereocenters. The third kappa shape index (κ3) is 3.38. The number of aromatic nitrogens is 1. The van der Waals surface area contributed by atoms with Gasteiger partial charge in [-0.3, -0.25) is 0 Å². The Morgan fingerprint density at radius 1 is 0.963 bits per heavy atom. The Balaban J connectivity index is 1.91. The fourth-order valence-electron chi connectivity index (χ4n) is 3.63. The summed E-state index contributed by atoms with van der Waals surface area (Å²) in [6, 6.07) is 24.2. The number of hydrogen-bond acceptors (Lipinski definition) is 2. The summed E-state index contributed by atoms with van der Waals surface area (Å²) in [6.45, 7) is 2.11. The molecule has 4 heteroatoms. The molecule has 2 N–H and O–H groups in total. The zero-order valence-electron chi connectivity index (χ0n) is 15.3. The number of anilines is 1. The number of rotatable bonds is 5. The minimum Gasteiger partial charge on any atom is -0.496 e. The van der Waals surface area contributed by atoms with E-state index in [-0.39, 0.29) is 6.04 Å². The van der Waals surface area contributed by atoms with Gasteiger partial charge in [-0.05, 0) is 37.3 Å². The van der Waals surface area contributed by atoms with Gasteiger partial charge in [0.15, 0.2) is 0 Å². The second kappa shape index (κ2) is 7.37. The lowest BCUT2D eigenvalue weighted by Crippen LogP contribution is -2.14. The molecule has 3 nitrogen and oxygen atoms in total. The Morgan fingerprint density at radius 2 is 1.74 bits per heavy atom. The number of fused-ring (bicyclic) bond motifs is 1. The maximum Gasteiger partial charge on any atom is 0.124 e. The normalized spacial score (nSPS) is 12.1. The first-order chi connectivity index (χ1) is 13.2. The van der Waals surface area contributed by atoms with Crippen LogP contribution in [0.15, 0.2) is 72.8 Å². The number of benzene rings is 3. The van der Waals surface area contributed by atoms with E-state index in [0.717, 1.165) is 28.2 Å². The average Bonchev–Trinajstić information content (AvgIpc) is 3.02. The quantitative estimate of drug-likeness (QED) is 0.426. The molecule has 0 aliphatic rings. The average molecular weight is 377 g/mol. The largest absolute Gasteiger partial charge is 0.496 e. The lowest BCUT2D eigenvalue weighted by Gasteiger charge is -2.23. The van der Waals surface area contributed by atoms with Crippen LogP contribution in [-0.2, 0) is 0 Å². The van der Waals surface area contributed by atoms with E-state index in [0.29, 0.717) is 5.02 Å². The Morgan fingerprint density at radius 3 is 2.56 bits per heavy atom. The first-order valence-corrected chi connectivity index (χ1v) is 9.27. The van der Waals surface area contributed by atoms with Crippen molar-refractivity contribution in [1.82, 2.24) is 4.98 Å². The van der Waals surface area contributed by atoms with Gasteiger partial charge in [0, 0.05) is 38.4 Å². The van der Waals surface area contributed by atoms with Crippen molar-refractivity contribution in [3.05, 3.63) is 94.6 Å². The second-order valence-corrected chi connectivity index (χ2v) is 6.98. The number of hydrogen-bond donors (Lipinski definition) is 2. The van der Waals surface area contributed by atoms with E-state index >= 15 is 0 Å². The third-order valence-electron chi connectivity index (χ3n) is 4.82. The minimum atomic E-state index is -0.0873. The molecule has 136 valence electrons. The number of ether oxygens (including phenoxy) is 1. The Labute approximate surface area is 163 Å². The maximum absolute atomic E-state index is 6.21. The van der Waals surface area contributed by atoms with Crippen molar-refractivity contribution in [1.29, 1.82) is 0 Å². The molecule has 0 amide bonds. The third-order valence-corrected chi connectivity index (χ3v) is 5.05. The summed E-state index contributed by atoms with van der Waals surface area (Å²) in [5, 5.41) is 5.56. The van der Waals surface area contributed by atoms with Crippen molar-refractivity contribution in [3.63, 3.8) is 0 Å². The van der Waals surface area contributed by atoms with Gasteiger partial charge in [-0.2, -0.15) is 0 Å². The van der Waals surface area contributed by atoms with Crippen LogP contribution in [0, 0.1) is 6.92 Å². The van der Waals surface area contributed by atoms with E-state index in [1.807, 2.05) is 48.5 Å². The van der Waals surface area contributed by atoms with E-state index in [1.54, 1.807) is 7.11 Å². The van der Waals surface area contributed by atoms with Gasteiger partial charge in [0.05, 0.1) is 13.2 Å². The molecule has 0 aliphatic heterocycles. The van der Waals surface area contributed by atoms with Crippen LogP contribution in [0.4, 0.5) is 5.69 Å². The van der Waals surface area contributed by atoms with Gasteiger partial charge >= 0.3 is 0 Å². The lowest BCUT2D eigenvalue weighted by atomic mass is 9.95. The molecule has 0 fully saturated rings. The number of aromatic amines is 1. The van der Waals surface area contributed by atoms with Crippen molar-refractivity contribution >= 4 is 28.2 Å². The smallest absolute Gasteiger partial charge is 0.124 e. The van der Waals surface area contributed by atoms with E-state index in [2.05, 4.69) is 41.5 Å². The van der Waals surface area contributed by atoms with Crippen molar-refractivity contribution in [2.24, 2.45) is 0 Å². The molecule has 0 aliphatic carbocycles. The van der Waals surface area contributed by atoms with Crippen molar-refractivity contribution in [3.8, 4) is 5.75 Å². The maximum atomic E-state index is 6.21. The number of nitrogens with one attached hydrogen (secondary N) is 2. The fraction of sp³-hybridized carbons (Fsp3) is 0.130. The summed E-state index contributed by atoms with van der Waals surface area (Å²) in [4.78, 5) is 3.51. The van der Waals surface area contributed by atoms with Crippen LogP contribution in [0.1, 0.15) is 22.9 Å². The highest BCUT2D eigenvalue weighted by molar-refractivity contribution is 6.30. The van der Waals surface area contributed by atoms with Crippen molar-refractivity contribution in [2.45, 2.75) is 13.0 Å². The van der Waals surface area contributed by atoms with Crippen LogP contribution >= 0.6 is 11.6 Å². The monoisotopic (exact) mass is 376 g/mol. The van der Waals surface area contributed by atoms with Crippen LogP contribution in [0.25, 0.3) is 10.9 Å². The molecular formula is C23H21ClN2O. The lowest BCUT2D eigenvalue weighted by molar-refractivity contribution is 0.408. The predicted molar refractivity (Wildman–Crippen MR) is 113 cm³/mol. The van der Waals surface area contributed by atoms with Gasteiger partial charge in [-0.15, -0.1) is 0 Å². The summed E-state index contributed by atoms with van der Waals surface area (Å²) in [5.74, 6) is 0.849. The molecule has 1 atom stereocenters. The van der Waals surface area contributed by atoms with Gasteiger partial charge in [0.2, 0.25) is 0 Å². The first-order valence-electron chi connectivity index (χ1n) is 8.89. The highest BCUT2D eigenvalue weighted by atomic mass is 35.5. The van der Waals surface area contributed by atoms with Gasteiger partial charge in [-0.25, -0.2) is 0 Å². The summed E-state index contributed by atoms with van der Waals surface area (Å²) in [6.07, 6.45) is 0. The highest BCUT2D eigenvalue weighted by Crippen LogP contribution is 2.38. The number of halogens is 1. The highest BCUT2D eigenvalue weighted by Gasteiger charge is 2.23. The van der Waals surface area contributed by atoms with Crippen LogP contribution in [0.3, 0.4) is 0 Å². The molecule has 4 rings (SSSR count). The summed E-state index contributed by atoms with van der Waals surface area (Å²) >= 11 is 6.21. The van der Waals surface area contributed by atoms with E-state index in [9.17, 15) is 0 Å². The molecule has 27 heavy (non-hydrogen) atoms. The Bertz CT molecular complexity index is 1090. The topological polar surface area (TPSA) is 37.0 Å². The van der Waals surface area contributed by atoms with E-state index in [4.69, 9.17) is 16.3 Å². The van der Waals surface area contributed by atoms with Gasteiger partial charge in [0.25, 0.3) is 0 Å². The van der Waals surface area contributed by atoms with Crippen molar-refractivity contribution < 1.29 is 4.74 Å². The predicted octanol–water partition coefficient (Wildman–Crippen LogP) is 6.34. The summed E-state index contributed by atoms with van der Waals surface area (Å²) < 4.78 is 5.66. The molecule has 0 radical (unpaired) electrons. The van der Waals surface area contributed by atoms with Gasteiger partial charge < -0.3 is 15.0 Å². The van der Waals surface area contributed by atoms with Gasteiger partial charge in [-0.1, -0.05) is 54.1 Å². The Hall–Kier alpha value is -2.91. The van der Waals surface area contributed by atoms with Crippen LogP contribution in [-0.4, -0.2) is 12.1 Å².